The molecule has 9 nitrogen and oxygen atoms in total. The molecule has 146 valence electrons. The number of aryl methyl sites for hydroxylation is 2. The van der Waals surface area contributed by atoms with Crippen LogP contribution in [0.3, 0.4) is 0 Å². The van der Waals surface area contributed by atoms with Crippen LogP contribution in [0.4, 0.5) is 0 Å². The van der Waals surface area contributed by atoms with Crippen molar-refractivity contribution in [3.8, 4) is 0 Å². The number of fused-ring (bicyclic) bond motifs is 3. The summed E-state index contributed by atoms with van der Waals surface area (Å²) in [5.41, 5.74) is 5.69. The molecule has 1 amide bonds. The van der Waals surface area contributed by atoms with Crippen molar-refractivity contribution in [3.05, 3.63) is 26.7 Å². The molecule has 5 N–H and O–H groups in total. The number of hydrogen-bond donors (Lipinski definition) is 4. The normalized spacial score (nSPS) is 27.6. The van der Waals surface area contributed by atoms with Crippen LogP contribution in [0.15, 0.2) is 9.59 Å². The van der Waals surface area contributed by atoms with Gasteiger partial charge >= 0.3 is 5.69 Å². The lowest BCUT2D eigenvalue weighted by molar-refractivity contribution is -0.123. The Kier molecular flexibility index (Phi) is 4.63. The van der Waals surface area contributed by atoms with E-state index in [0.717, 1.165) is 25.7 Å². The molecule has 0 aliphatic heterocycles. The van der Waals surface area contributed by atoms with Crippen molar-refractivity contribution in [2.45, 2.75) is 57.0 Å². The first kappa shape index (κ1) is 18.0. The molecule has 2 saturated carbocycles. The van der Waals surface area contributed by atoms with Gasteiger partial charge < -0.3 is 16.0 Å². The summed E-state index contributed by atoms with van der Waals surface area (Å²) < 4.78 is 1.28. The molecule has 2 unspecified atom stereocenters. The predicted octanol–water partition coefficient (Wildman–Crippen LogP) is -0.0953. The third-order valence-corrected chi connectivity index (χ3v) is 6.10. The summed E-state index contributed by atoms with van der Waals surface area (Å²) in [6.07, 6.45) is 6.14. The fourth-order valence-corrected chi connectivity index (χ4v) is 4.79. The van der Waals surface area contributed by atoms with Crippen molar-refractivity contribution >= 4 is 17.1 Å². The van der Waals surface area contributed by atoms with Crippen molar-refractivity contribution in [1.29, 1.82) is 0 Å². The number of carbonyl (C=O) groups excluding carboxylic acids is 1. The van der Waals surface area contributed by atoms with Crippen molar-refractivity contribution in [2.75, 3.05) is 0 Å². The second kappa shape index (κ2) is 6.95. The molecule has 2 atom stereocenters. The summed E-state index contributed by atoms with van der Waals surface area (Å²) in [6, 6.07) is 0.485. The Morgan fingerprint density at radius 3 is 2.67 bits per heavy atom. The second-order valence-corrected chi connectivity index (χ2v) is 7.98. The Morgan fingerprint density at radius 2 is 1.96 bits per heavy atom. The van der Waals surface area contributed by atoms with E-state index in [1.807, 2.05) is 0 Å². The molecule has 27 heavy (non-hydrogen) atoms. The van der Waals surface area contributed by atoms with Gasteiger partial charge in [-0.3, -0.25) is 19.1 Å². The van der Waals surface area contributed by atoms with Gasteiger partial charge in [0.2, 0.25) is 5.91 Å². The predicted molar refractivity (Wildman–Crippen MR) is 100 cm³/mol. The van der Waals surface area contributed by atoms with E-state index in [-0.39, 0.29) is 29.9 Å². The Hall–Kier alpha value is -2.42. The van der Waals surface area contributed by atoms with E-state index in [9.17, 15) is 14.4 Å². The zero-order chi connectivity index (χ0) is 19.1. The summed E-state index contributed by atoms with van der Waals surface area (Å²) in [7, 11) is 1.55. The molecule has 2 aromatic rings. The number of nitrogens with zero attached hydrogens (tertiary/aromatic N) is 2. The lowest BCUT2D eigenvalue weighted by Crippen LogP contribution is -2.53. The van der Waals surface area contributed by atoms with Crippen molar-refractivity contribution in [3.63, 3.8) is 0 Å². The second-order valence-electron chi connectivity index (χ2n) is 7.98. The van der Waals surface area contributed by atoms with E-state index >= 15 is 0 Å². The van der Waals surface area contributed by atoms with Gasteiger partial charge in [0.1, 0.15) is 11.3 Å². The SMILES string of the molecule is Cn1c(=O)[nH]c(=O)c2[nH]c(CCC(=O)NC3C4CCCC3CC(N)C4)nc21. The molecule has 2 aliphatic rings. The van der Waals surface area contributed by atoms with Gasteiger partial charge in [0, 0.05) is 32.0 Å². The molecule has 2 bridgehead atoms. The highest BCUT2D eigenvalue weighted by Crippen LogP contribution is 2.39. The number of amides is 1. The van der Waals surface area contributed by atoms with Gasteiger partial charge in [-0.05, 0) is 37.5 Å². The minimum absolute atomic E-state index is 0.00405. The molecule has 2 aliphatic carbocycles. The maximum Gasteiger partial charge on any atom is 0.329 e. The van der Waals surface area contributed by atoms with Crippen LogP contribution in [0.5, 0.6) is 0 Å². The molecule has 9 heteroatoms. The highest BCUT2D eigenvalue weighted by atomic mass is 16.2. The summed E-state index contributed by atoms with van der Waals surface area (Å²) in [6.45, 7) is 0. The van der Waals surface area contributed by atoms with E-state index in [1.54, 1.807) is 7.05 Å². The van der Waals surface area contributed by atoms with Crippen LogP contribution in [0.25, 0.3) is 11.2 Å². The number of imidazole rings is 1. The zero-order valence-electron chi connectivity index (χ0n) is 15.5. The number of nitrogens with one attached hydrogen (secondary N) is 3. The zero-order valence-corrected chi connectivity index (χ0v) is 15.5. The van der Waals surface area contributed by atoms with Crippen LogP contribution in [-0.4, -0.2) is 37.5 Å². The van der Waals surface area contributed by atoms with Gasteiger partial charge in [-0.25, -0.2) is 9.78 Å². The van der Waals surface area contributed by atoms with E-state index < -0.39 is 11.2 Å². The monoisotopic (exact) mass is 374 g/mol. The Morgan fingerprint density at radius 1 is 1.26 bits per heavy atom. The molecule has 0 saturated heterocycles. The fraction of sp³-hybridized carbons (Fsp3) is 0.667. The first-order valence-electron chi connectivity index (χ1n) is 9.65. The van der Waals surface area contributed by atoms with Gasteiger partial charge in [0.05, 0.1) is 0 Å². The smallest absolute Gasteiger partial charge is 0.329 e. The lowest BCUT2D eigenvalue weighted by atomic mass is 9.67. The molecular formula is C18H26N6O3. The van der Waals surface area contributed by atoms with E-state index in [4.69, 9.17) is 5.73 Å². The van der Waals surface area contributed by atoms with Crippen LogP contribution in [0.2, 0.25) is 0 Å². The van der Waals surface area contributed by atoms with Crippen molar-refractivity contribution < 1.29 is 4.79 Å². The topological polar surface area (TPSA) is 139 Å². The van der Waals surface area contributed by atoms with Crippen LogP contribution in [0, 0.1) is 11.8 Å². The molecule has 2 fully saturated rings. The first-order valence-corrected chi connectivity index (χ1v) is 9.65. The quantitative estimate of drug-likeness (QED) is 0.592. The third kappa shape index (κ3) is 3.43. The van der Waals surface area contributed by atoms with Crippen LogP contribution < -0.4 is 22.3 Å². The van der Waals surface area contributed by atoms with Crippen molar-refractivity contribution in [2.24, 2.45) is 24.6 Å². The molecule has 2 heterocycles. The summed E-state index contributed by atoms with van der Waals surface area (Å²) in [5, 5.41) is 3.22. The maximum absolute atomic E-state index is 12.5. The number of aromatic nitrogens is 4. The summed E-state index contributed by atoms with van der Waals surface area (Å²) >= 11 is 0. The van der Waals surface area contributed by atoms with E-state index in [2.05, 4.69) is 20.3 Å². The number of aromatic amines is 2. The van der Waals surface area contributed by atoms with Gasteiger partial charge in [-0.2, -0.15) is 0 Å². The van der Waals surface area contributed by atoms with Gasteiger partial charge in [0.15, 0.2) is 5.65 Å². The molecule has 0 aromatic carbocycles. The van der Waals surface area contributed by atoms with E-state index in [0.29, 0.717) is 29.7 Å². The first-order chi connectivity index (χ1) is 12.9. The number of rotatable bonds is 4. The van der Waals surface area contributed by atoms with Crippen LogP contribution in [-0.2, 0) is 18.3 Å². The van der Waals surface area contributed by atoms with E-state index in [1.165, 1.54) is 11.0 Å². The van der Waals surface area contributed by atoms with Gasteiger partial charge in [-0.1, -0.05) is 6.42 Å². The number of hydrogen-bond acceptors (Lipinski definition) is 5. The molecule has 0 radical (unpaired) electrons. The fourth-order valence-electron chi connectivity index (χ4n) is 4.79. The summed E-state index contributed by atoms with van der Waals surface area (Å²) in [5.74, 6) is 1.49. The molecule has 4 rings (SSSR count). The Bertz CT molecular complexity index is 960. The molecular weight excluding hydrogens is 348 g/mol. The Balaban J connectivity index is 1.42. The minimum atomic E-state index is -0.509. The highest BCUT2D eigenvalue weighted by Gasteiger charge is 2.39. The molecule has 2 aromatic heterocycles. The average molecular weight is 374 g/mol. The Labute approximate surface area is 155 Å². The highest BCUT2D eigenvalue weighted by molar-refractivity contribution is 5.77. The van der Waals surface area contributed by atoms with Crippen LogP contribution in [0.1, 0.15) is 44.3 Å². The minimum Gasteiger partial charge on any atom is -0.353 e. The lowest BCUT2D eigenvalue weighted by Gasteiger charge is -2.45. The number of carbonyl (C=O) groups is 1. The average Bonchev–Trinajstić information content (AvgIpc) is 3.04. The third-order valence-electron chi connectivity index (χ3n) is 6.10. The van der Waals surface area contributed by atoms with Crippen molar-refractivity contribution in [1.82, 2.24) is 24.8 Å². The number of H-pyrrole nitrogens is 2. The van der Waals surface area contributed by atoms with Gasteiger partial charge in [-0.15, -0.1) is 0 Å². The standard InChI is InChI=1S/C18H26N6O3/c1-24-16-15(17(26)23-18(24)27)20-12(21-16)5-6-13(25)22-14-9-3-2-4-10(14)8-11(19)7-9/h9-11,14H,2-8,19H2,1H3,(H,20,21)(H,22,25)(H,23,26,27). The maximum atomic E-state index is 12.5. The largest absolute Gasteiger partial charge is 0.353 e. The molecule has 0 spiro atoms. The van der Waals surface area contributed by atoms with Crippen LogP contribution >= 0.6 is 0 Å². The van der Waals surface area contributed by atoms with Gasteiger partial charge in [0.25, 0.3) is 5.56 Å². The number of nitrogens with two attached hydrogens (primary N) is 1. The summed E-state index contributed by atoms with van der Waals surface area (Å²) in [4.78, 5) is 45.5.